The van der Waals surface area contributed by atoms with Gasteiger partial charge in [-0.2, -0.15) is 0 Å². The zero-order valence-electron chi connectivity index (χ0n) is 14.5. The number of aryl methyl sites for hydroxylation is 1. The van der Waals surface area contributed by atoms with E-state index in [1.807, 2.05) is 12.1 Å². The molecule has 1 amide bonds. The second-order valence-electron chi connectivity index (χ2n) is 6.27. The van der Waals surface area contributed by atoms with Gasteiger partial charge in [0.2, 0.25) is 0 Å². The van der Waals surface area contributed by atoms with Crippen LogP contribution in [0.1, 0.15) is 34.5 Å². The second-order valence-corrected chi connectivity index (χ2v) is 6.27. The molecule has 1 aliphatic heterocycles. The molecule has 1 aliphatic rings. The minimum absolute atomic E-state index is 0.162. The van der Waals surface area contributed by atoms with Crippen LogP contribution in [0.15, 0.2) is 36.4 Å². The van der Waals surface area contributed by atoms with Crippen molar-refractivity contribution in [1.82, 2.24) is 15.5 Å². The van der Waals surface area contributed by atoms with Gasteiger partial charge in [-0.05, 0) is 49.4 Å². The number of anilines is 1. The van der Waals surface area contributed by atoms with E-state index in [1.165, 1.54) is 11.1 Å². The highest BCUT2D eigenvalue weighted by Gasteiger charge is 2.17. The number of nitrogens with zero attached hydrogens (tertiary/aromatic N) is 2. The number of carbonyl (C=O) groups excluding carboxylic acids is 1. The van der Waals surface area contributed by atoms with Crippen molar-refractivity contribution in [3.8, 4) is 0 Å². The Kier molecular flexibility index (Phi) is 5.95. The number of nitrogens with one attached hydrogen (secondary N) is 2. The lowest BCUT2D eigenvalue weighted by Crippen LogP contribution is -2.39. The van der Waals surface area contributed by atoms with E-state index in [1.54, 1.807) is 12.1 Å². The van der Waals surface area contributed by atoms with Crippen LogP contribution in [0.25, 0.3) is 0 Å². The molecule has 132 valence electrons. The molecule has 3 rings (SSSR count). The van der Waals surface area contributed by atoms with Crippen molar-refractivity contribution in [2.75, 3.05) is 25.1 Å². The summed E-state index contributed by atoms with van der Waals surface area (Å²) >= 11 is 0. The third kappa shape index (κ3) is 5.00. The van der Waals surface area contributed by atoms with Gasteiger partial charge in [0.15, 0.2) is 5.69 Å². The molecule has 6 heteroatoms. The Balaban J connectivity index is 1.48. The first kappa shape index (κ1) is 17.4. The molecule has 0 saturated carbocycles. The maximum atomic E-state index is 12.2. The first-order chi connectivity index (χ1) is 12.2. The van der Waals surface area contributed by atoms with Crippen LogP contribution in [0.2, 0.25) is 0 Å². The summed E-state index contributed by atoms with van der Waals surface area (Å²) in [6.45, 7) is 4.27. The number of hydrogen-bond acceptors (Lipinski definition) is 5. The Hall–Kier alpha value is -2.47. The molecule has 0 bridgehead atoms. The molecule has 1 fully saturated rings. The third-order valence-corrected chi connectivity index (χ3v) is 4.42. The van der Waals surface area contributed by atoms with Crippen LogP contribution in [-0.4, -0.2) is 41.9 Å². The SMILES string of the molecule is Cc1ccccc1CCNc1ccc(C(=O)NC2CCOCC2)nn1. The van der Waals surface area contributed by atoms with Gasteiger partial charge in [-0.1, -0.05) is 24.3 Å². The number of aromatic nitrogens is 2. The van der Waals surface area contributed by atoms with Gasteiger partial charge < -0.3 is 15.4 Å². The molecule has 2 aromatic rings. The lowest BCUT2D eigenvalue weighted by Gasteiger charge is -2.22. The van der Waals surface area contributed by atoms with Gasteiger partial charge in [-0.25, -0.2) is 0 Å². The van der Waals surface area contributed by atoms with Gasteiger partial charge in [0, 0.05) is 25.8 Å². The van der Waals surface area contributed by atoms with Crippen molar-refractivity contribution in [3.05, 3.63) is 53.2 Å². The van der Waals surface area contributed by atoms with E-state index in [9.17, 15) is 4.79 Å². The molecular formula is C19H24N4O2. The largest absolute Gasteiger partial charge is 0.381 e. The maximum absolute atomic E-state index is 12.2. The van der Waals surface area contributed by atoms with E-state index in [0.717, 1.165) is 25.8 Å². The van der Waals surface area contributed by atoms with Crippen molar-refractivity contribution >= 4 is 11.7 Å². The number of rotatable bonds is 6. The predicted octanol–water partition coefficient (Wildman–Crippen LogP) is 2.35. The van der Waals surface area contributed by atoms with E-state index in [0.29, 0.717) is 24.7 Å². The quantitative estimate of drug-likeness (QED) is 0.844. The van der Waals surface area contributed by atoms with Crippen molar-refractivity contribution in [3.63, 3.8) is 0 Å². The standard InChI is InChI=1S/C19H24N4O2/c1-14-4-2-3-5-15(14)8-11-20-18-7-6-17(22-23-18)19(24)21-16-9-12-25-13-10-16/h2-7,16H,8-13H2,1H3,(H,20,23)(H,21,24). The Morgan fingerprint density at radius 1 is 1.16 bits per heavy atom. The molecule has 1 saturated heterocycles. The van der Waals surface area contributed by atoms with Gasteiger partial charge in [0.25, 0.3) is 5.91 Å². The lowest BCUT2D eigenvalue weighted by atomic mass is 10.1. The van der Waals surface area contributed by atoms with Gasteiger partial charge >= 0.3 is 0 Å². The van der Waals surface area contributed by atoms with Crippen LogP contribution >= 0.6 is 0 Å². The molecule has 2 N–H and O–H groups in total. The molecule has 0 aliphatic carbocycles. The smallest absolute Gasteiger partial charge is 0.272 e. The Morgan fingerprint density at radius 3 is 2.68 bits per heavy atom. The summed E-state index contributed by atoms with van der Waals surface area (Å²) in [5, 5.41) is 14.4. The number of benzene rings is 1. The van der Waals surface area contributed by atoms with E-state index in [4.69, 9.17) is 4.74 Å². The van der Waals surface area contributed by atoms with Gasteiger partial charge in [0.05, 0.1) is 0 Å². The molecule has 1 aromatic carbocycles. The fourth-order valence-electron chi connectivity index (χ4n) is 2.86. The topological polar surface area (TPSA) is 76.1 Å². The van der Waals surface area contributed by atoms with E-state index >= 15 is 0 Å². The zero-order valence-corrected chi connectivity index (χ0v) is 14.5. The van der Waals surface area contributed by atoms with E-state index in [-0.39, 0.29) is 11.9 Å². The van der Waals surface area contributed by atoms with Crippen molar-refractivity contribution in [2.45, 2.75) is 32.2 Å². The van der Waals surface area contributed by atoms with Gasteiger partial charge in [0.1, 0.15) is 5.82 Å². The molecule has 0 radical (unpaired) electrons. The van der Waals surface area contributed by atoms with Crippen LogP contribution in [0.4, 0.5) is 5.82 Å². The van der Waals surface area contributed by atoms with E-state index < -0.39 is 0 Å². The highest BCUT2D eigenvalue weighted by molar-refractivity contribution is 5.92. The van der Waals surface area contributed by atoms with Crippen LogP contribution in [-0.2, 0) is 11.2 Å². The molecule has 6 nitrogen and oxygen atoms in total. The fourth-order valence-corrected chi connectivity index (χ4v) is 2.86. The number of ether oxygens (including phenoxy) is 1. The second kappa shape index (κ2) is 8.58. The summed E-state index contributed by atoms with van der Waals surface area (Å²) in [5.41, 5.74) is 2.95. The Bertz CT molecular complexity index is 697. The van der Waals surface area contributed by atoms with Crippen LogP contribution in [0, 0.1) is 6.92 Å². The van der Waals surface area contributed by atoms with Crippen molar-refractivity contribution < 1.29 is 9.53 Å². The molecule has 0 spiro atoms. The van der Waals surface area contributed by atoms with Crippen LogP contribution in [0.3, 0.4) is 0 Å². The lowest BCUT2D eigenvalue weighted by molar-refractivity contribution is 0.0693. The maximum Gasteiger partial charge on any atom is 0.272 e. The molecule has 25 heavy (non-hydrogen) atoms. The van der Waals surface area contributed by atoms with Gasteiger partial charge in [-0.3, -0.25) is 4.79 Å². The molecule has 2 heterocycles. The summed E-state index contributed by atoms with van der Waals surface area (Å²) in [6, 6.07) is 12.0. The van der Waals surface area contributed by atoms with Gasteiger partial charge in [-0.15, -0.1) is 10.2 Å². The minimum atomic E-state index is -0.175. The highest BCUT2D eigenvalue weighted by atomic mass is 16.5. The highest BCUT2D eigenvalue weighted by Crippen LogP contribution is 2.10. The number of hydrogen-bond donors (Lipinski definition) is 2. The third-order valence-electron chi connectivity index (χ3n) is 4.42. The first-order valence-electron chi connectivity index (χ1n) is 8.73. The summed E-state index contributed by atoms with van der Waals surface area (Å²) in [4.78, 5) is 12.2. The normalized spacial score (nSPS) is 14.9. The molecule has 0 atom stereocenters. The monoisotopic (exact) mass is 340 g/mol. The summed E-state index contributed by atoms with van der Waals surface area (Å²) in [6.07, 6.45) is 2.61. The minimum Gasteiger partial charge on any atom is -0.381 e. The average Bonchev–Trinajstić information content (AvgIpc) is 2.65. The Morgan fingerprint density at radius 2 is 1.96 bits per heavy atom. The molecular weight excluding hydrogens is 316 g/mol. The average molecular weight is 340 g/mol. The number of carbonyl (C=O) groups is 1. The van der Waals surface area contributed by atoms with Crippen molar-refractivity contribution in [2.24, 2.45) is 0 Å². The van der Waals surface area contributed by atoms with Crippen LogP contribution in [0.5, 0.6) is 0 Å². The fraction of sp³-hybridized carbons (Fsp3) is 0.421. The molecule has 0 unspecified atom stereocenters. The van der Waals surface area contributed by atoms with Crippen molar-refractivity contribution in [1.29, 1.82) is 0 Å². The summed E-state index contributed by atoms with van der Waals surface area (Å²) in [7, 11) is 0. The first-order valence-corrected chi connectivity index (χ1v) is 8.73. The number of amides is 1. The zero-order chi connectivity index (χ0) is 17.5. The molecule has 1 aromatic heterocycles. The van der Waals surface area contributed by atoms with E-state index in [2.05, 4.69) is 39.9 Å². The Labute approximate surface area is 148 Å². The summed E-state index contributed by atoms with van der Waals surface area (Å²) < 4.78 is 5.29. The predicted molar refractivity (Wildman–Crippen MR) is 96.7 cm³/mol. The van der Waals surface area contributed by atoms with Crippen LogP contribution < -0.4 is 10.6 Å². The summed E-state index contributed by atoms with van der Waals surface area (Å²) in [5.74, 6) is 0.502.